The van der Waals surface area contributed by atoms with Crippen molar-refractivity contribution in [3.8, 4) is 12.3 Å². The molecular weight excluding hydrogens is 274 g/mol. The molecule has 20 heavy (non-hydrogen) atoms. The van der Waals surface area contributed by atoms with Gasteiger partial charge >= 0.3 is 0 Å². The van der Waals surface area contributed by atoms with Crippen LogP contribution in [0.3, 0.4) is 0 Å². The maximum Gasteiger partial charge on any atom is 0.291 e. The van der Waals surface area contributed by atoms with Crippen LogP contribution in [0, 0.1) is 18.3 Å². The van der Waals surface area contributed by atoms with E-state index in [0.29, 0.717) is 29.7 Å². The molecule has 1 aromatic heterocycles. The molecule has 0 aliphatic heterocycles. The number of nitrogens with one attached hydrogen (secondary N) is 1. The van der Waals surface area contributed by atoms with Gasteiger partial charge in [0.2, 0.25) is 0 Å². The molecule has 1 saturated carbocycles. The van der Waals surface area contributed by atoms with E-state index >= 15 is 0 Å². The Bertz CT molecular complexity index is 543. The predicted molar refractivity (Wildman–Crippen MR) is 82.0 cm³/mol. The van der Waals surface area contributed by atoms with Gasteiger partial charge in [-0.1, -0.05) is 18.0 Å². The van der Waals surface area contributed by atoms with Crippen LogP contribution in [0.1, 0.15) is 38.5 Å². The Morgan fingerprint density at radius 2 is 2.30 bits per heavy atom. The molecule has 1 N–H and O–H groups in total. The van der Waals surface area contributed by atoms with Gasteiger partial charge in [0.1, 0.15) is 5.69 Å². The van der Waals surface area contributed by atoms with Crippen molar-refractivity contribution in [2.24, 2.45) is 5.92 Å². The molecule has 0 atom stereocenters. The smallest absolute Gasteiger partial charge is 0.291 e. The highest BCUT2D eigenvalue weighted by Crippen LogP contribution is 2.27. The van der Waals surface area contributed by atoms with Gasteiger partial charge in [0.15, 0.2) is 0 Å². The van der Waals surface area contributed by atoms with E-state index in [1.807, 2.05) is 0 Å². The quantitative estimate of drug-likeness (QED) is 0.621. The fourth-order valence-electron chi connectivity index (χ4n) is 2.24. The number of hydrogen-bond donors (Lipinski definition) is 1. The van der Waals surface area contributed by atoms with Crippen LogP contribution in [0.2, 0.25) is 5.02 Å². The average Bonchev–Trinajstić information content (AvgIpc) is 2.39. The summed E-state index contributed by atoms with van der Waals surface area (Å²) in [6, 6.07) is 0. The van der Waals surface area contributed by atoms with Crippen molar-refractivity contribution >= 4 is 17.3 Å². The van der Waals surface area contributed by atoms with Gasteiger partial charge in [0, 0.05) is 19.5 Å². The molecule has 1 aromatic rings. The highest BCUT2D eigenvalue weighted by molar-refractivity contribution is 6.32. The van der Waals surface area contributed by atoms with E-state index in [1.165, 1.54) is 23.9 Å². The number of rotatable bonds is 7. The number of halogens is 1. The van der Waals surface area contributed by atoms with Gasteiger partial charge in [0.25, 0.3) is 5.56 Å². The summed E-state index contributed by atoms with van der Waals surface area (Å²) < 4.78 is 1.53. The molecule has 1 aliphatic carbocycles. The Kier molecular flexibility index (Phi) is 5.49. The molecule has 1 fully saturated rings. The second-order valence-corrected chi connectivity index (χ2v) is 5.65. The number of hydrogen-bond acceptors (Lipinski definition) is 3. The Morgan fingerprint density at radius 3 is 2.95 bits per heavy atom. The Morgan fingerprint density at radius 1 is 1.50 bits per heavy atom. The van der Waals surface area contributed by atoms with Gasteiger partial charge in [-0.05, 0) is 31.6 Å². The Balaban J connectivity index is 1.97. The Labute approximate surface area is 124 Å². The van der Waals surface area contributed by atoms with Crippen molar-refractivity contribution in [2.75, 3.05) is 11.9 Å². The number of unbranched alkanes of at least 4 members (excludes halogenated alkanes) is 2. The van der Waals surface area contributed by atoms with Crippen LogP contribution in [-0.2, 0) is 6.54 Å². The summed E-state index contributed by atoms with van der Waals surface area (Å²) >= 11 is 6.06. The van der Waals surface area contributed by atoms with Gasteiger partial charge in [-0.15, -0.1) is 12.3 Å². The minimum Gasteiger partial charge on any atom is -0.379 e. The summed E-state index contributed by atoms with van der Waals surface area (Å²) in [7, 11) is 0. The number of terminal acetylenes is 1. The second kappa shape index (κ2) is 7.35. The maximum atomic E-state index is 12.3. The second-order valence-electron chi connectivity index (χ2n) is 5.24. The van der Waals surface area contributed by atoms with Crippen LogP contribution in [0.15, 0.2) is 11.0 Å². The fourth-order valence-corrected chi connectivity index (χ4v) is 2.44. The maximum absolute atomic E-state index is 12.3. The molecule has 0 amide bonds. The van der Waals surface area contributed by atoms with E-state index in [4.69, 9.17) is 18.0 Å². The highest BCUT2D eigenvalue weighted by atomic mass is 35.5. The standard InChI is InChI=1S/C15H20ClN3O/c1-2-3-4-5-9-17-14-13(16)10-18-19(15(14)20)11-12-7-6-8-12/h1,10,12,17H,3-9,11H2. The van der Waals surface area contributed by atoms with E-state index in [1.54, 1.807) is 6.20 Å². The first kappa shape index (κ1) is 14.9. The number of aromatic nitrogens is 2. The van der Waals surface area contributed by atoms with Crippen LogP contribution in [0.5, 0.6) is 0 Å². The molecule has 0 aromatic carbocycles. The SMILES string of the molecule is C#CCCCCNc1c(Cl)cnn(CC2CCC2)c1=O. The predicted octanol–water partition coefficient (Wildman–Crippen LogP) is 2.91. The molecule has 0 saturated heterocycles. The summed E-state index contributed by atoms with van der Waals surface area (Å²) in [5, 5.41) is 7.63. The summed E-state index contributed by atoms with van der Waals surface area (Å²) in [5.41, 5.74) is 0.336. The van der Waals surface area contributed by atoms with Gasteiger partial charge in [-0.2, -0.15) is 5.10 Å². The van der Waals surface area contributed by atoms with E-state index in [-0.39, 0.29) is 5.56 Å². The van der Waals surface area contributed by atoms with Crippen molar-refractivity contribution in [3.63, 3.8) is 0 Å². The molecule has 2 rings (SSSR count). The number of nitrogens with zero attached hydrogens (tertiary/aromatic N) is 2. The third-order valence-electron chi connectivity index (χ3n) is 3.70. The van der Waals surface area contributed by atoms with Crippen molar-refractivity contribution in [1.82, 2.24) is 9.78 Å². The normalized spacial score (nSPS) is 14.6. The molecule has 0 spiro atoms. The molecule has 108 valence electrons. The first-order chi connectivity index (χ1) is 9.72. The highest BCUT2D eigenvalue weighted by Gasteiger charge is 2.20. The van der Waals surface area contributed by atoms with E-state index < -0.39 is 0 Å². The van der Waals surface area contributed by atoms with Gasteiger partial charge < -0.3 is 5.32 Å². The molecule has 0 bridgehead atoms. The summed E-state index contributed by atoms with van der Waals surface area (Å²) in [5.74, 6) is 3.19. The first-order valence-electron chi connectivity index (χ1n) is 7.15. The minimum absolute atomic E-state index is 0.124. The minimum atomic E-state index is -0.124. The van der Waals surface area contributed by atoms with E-state index in [0.717, 1.165) is 19.3 Å². The van der Waals surface area contributed by atoms with Crippen molar-refractivity contribution in [3.05, 3.63) is 21.6 Å². The zero-order valence-electron chi connectivity index (χ0n) is 11.6. The third kappa shape index (κ3) is 3.77. The fraction of sp³-hybridized carbons (Fsp3) is 0.600. The number of anilines is 1. The monoisotopic (exact) mass is 293 g/mol. The largest absolute Gasteiger partial charge is 0.379 e. The molecule has 1 aliphatic rings. The molecule has 0 radical (unpaired) electrons. The average molecular weight is 294 g/mol. The van der Waals surface area contributed by atoms with Gasteiger partial charge in [-0.25, -0.2) is 4.68 Å². The molecule has 4 nitrogen and oxygen atoms in total. The third-order valence-corrected chi connectivity index (χ3v) is 3.99. The van der Waals surface area contributed by atoms with Gasteiger partial charge in [-0.3, -0.25) is 4.79 Å². The lowest BCUT2D eigenvalue weighted by molar-refractivity contribution is 0.262. The van der Waals surface area contributed by atoms with Crippen molar-refractivity contribution in [1.29, 1.82) is 0 Å². The van der Waals surface area contributed by atoms with Crippen LogP contribution >= 0.6 is 11.6 Å². The molecule has 1 heterocycles. The summed E-state index contributed by atoms with van der Waals surface area (Å²) in [4.78, 5) is 12.3. The van der Waals surface area contributed by atoms with E-state index in [9.17, 15) is 4.79 Å². The van der Waals surface area contributed by atoms with Crippen LogP contribution < -0.4 is 10.9 Å². The van der Waals surface area contributed by atoms with Crippen LogP contribution in [-0.4, -0.2) is 16.3 Å². The zero-order chi connectivity index (χ0) is 14.4. The Hall–Kier alpha value is -1.47. The lowest BCUT2D eigenvalue weighted by Crippen LogP contribution is -2.31. The topological polar surface area (TPSA) is 46.9 Å². The van der Waals surface area contributed by atoms with Crippen molar-refractivity contribution < 1.29 is 0 Å². The first-order valence-corrected chi connectivity index (χ1v) is 7.53. The van der Waals surface area contributed by atoms with Gasteiger partial charge in [0.05, 0.1) is 11.2 Å². The molecular formula is C15H20ClN3O. The van der Waals surface area contributed by atoms with Crippen LogP contribution in [0.25, 0.3) is 0 Å². The summed E-state index contributed by atoms with van der Waals surface area (Å²) in [6.07, 6.45) is 13.0. The molecule has 5 heteroatoms. The van der Waals surface area contributed by atoms with Crippen molar-refractivity contribution in [2.45, 2.75) is 45.1 Å². The molecule has 0 unspecified atom stereocenters. The van der Waals surface area contributed by atoms with E-state index in [2.05, 4.69) is 16.3 Å². The zero-order valence-corrected chi connectivity index (χ0v) is 12.3. The van der Waals surface area contributed by atoms with Crippen LogP contribution in [0.4, 0.5) is 5.69 Å². The lowest BCUT2D eigenvalue weighted by Gasteiger charge is -2.25. The summed E-state index contributed by atoms with van der Waals surface area (Å²) in [6.45, 7) is 1.39. The lowest BCUT2D eigenvalue weighted by atomic mass is 9.85.